The Morgan fingerprint density at radius 3 is 2.03 bits per heavy atom. The Kier molecular flexibility index (Phi) is 8.60. The van der Waals surface area contributed by atoms with Gasteiger partial charge < -0.3 is 10.2 Å². The Bertz CT molecular complexity index is 1080. The lowest BCUT2D eigenvalue weighted by molar-refractivity contribution is -0.139. The van der Waals surface area contributed by atoms with Crippen molar-refractivity contribution in [1.29, 1.82) is 0 Å². The quantitative estimate of drug-likeness (QED) is 0.601. The van der Waals surface area contributed by atoms with Gasteiger partial charge in [0.1, 0.15) is 18.4 Å². The van der Waals surface area contributed by atoms with Crippen LogP contribution in [0.4, 0.5) is 10.1 Å². The smallest absolute Gasteiger partial charge is 0.244 e. The molecule has 0 radical (unpaired) electrons. The van der Waals surface area contributed by atoms with Crippen LogP contribution in [0.25, 0.3) is 0 Å². The van der Waals surface area contributed by atoms with Gasteiger partial charge >= 0.3 is 0 Å². The normalized spacial score (nSPS) is 12.4. The number of halogens is 1. The molecule has 2 amide bonds. The van der Waals surface area contributed by atoms with Gasteiger partial charge in [-0.25, -0.2) is 12.8 Å². The summed E-state index contributed by atoms with van der Waals surface area (Å²) in [7, 11) is -3.80. The van der Waals surface area contributed by atoms with E-state index in [1.807, 2.05) is 19.9 Å². The average molecular weight is 478 g/mol. The van der Waals surface area contributed by atoms with Crippen LogP contribution >= 0.6 is 0 Å². The van der Waals surface area contributed by atoms with E-state index in [4.69, 9.17) is 0 Å². The summed E-state index contributed by atoms with van der Waals surface area (Å²) in [6.45, 7) is 8.32. The number of para-hydroxylation sites is 1. The zero-order valence-corrected chi connectivity index (χ0v) is 20.7. The monoisotopic (exact) mass is 477 g/mol. The van der Waals surface area contributed by atoms with E-state index < -0.39 is 34.3 Å². The number of aryl methyl sites for hydroxylation is 2. The van der Waals surface area contributed by atoms with Crippen molar-refractivity contribution >= 4 is 27.5 Å². The van der Waals surface area contributed by atoms with E-state index >= 15 is 0 Å². The van der Waals surface area contributed by atoms with Crippen molar-refractivity contribution in [1.82, 2.24) is 10.2 Å². The van der Waals surface area contributed by atoms with E-state index in [0.717, 1.165) is 10.6 Å². The van der Waals surface area contributed by atoms with Gasteiger partial charge in [-0.05, 0) is 63.4 Å². The number of sulfonamides is 1. The van der Waals surface area contributed by atoms with Gasteiger partial charge in [-0.1, -0.05) is 30.3 Å². The summed E-state index contributed by atoms with van der Waals surface area (Å²) in [6, 6.07) is 9.97. The maximum absolute atomic E-state index is 13.5. The molecule has 1 atom stereocenters. The third kappa shape index (κ3) is 7.02. The molecular formula is C24H32FN3O4S. The van der Waals surface area contributed by atoms with Gasteiger partial charge in [0.15, 0.2) is 0 Å². The lowest BCUT2D eigenvalue weighted by atomic mass is 10.1. The van der Waals surface area contributed by atoms with Crippen LogP contribution in [-0.4, -0.2) is 50.0 Å². The molecule has 0 aliphatic heterocycles. The fraction of sp³-hybridized carbons (Fsp3) is 0.417. The maximum Gasteiger partial charge on any atom is 0.244 e. The van der Waals surface area contributed by atoms with E-state index in [1.54, 1.807) is 32.9 Å². The number of carbonyl (C=O) groups is 2. The van der Waals surface area contributed by atoms with Crippen LogP contribution in [0.1, 0.15) is 37.5 Å². The Balaban J connectivity index is 2.44. The Morgan fingerprint density at radius 1 is 1.00 bits per heavy atom. The van der Waals surface area contributed by atoms with Gasteiger partial charge in [0.05, 0.1) is 11.9 Å². The fourth-order valence-electron chi connectivity index (χ4n) is 3.55. The third-order valence-corrected chi connectivity index (χ3v) is 6.34. The number of nitrogens with one attached hydrogen (secondary N) is 1. The summed E-state index contributed by atoms with van der Waals surface area (Å²) in [5, 5.41) is 2.78. The van der Waals surface area contributed by atoms with Crippen LogP contribution in [0, 0.1) is 19.7 Å². The van der Waals surface area contributed by atoms with E-state index in [0.29, 0.717) is 22.4 Å². The van der Waals surface area contributed by atoms with Crippen LogP contribution in [0.3, 0.4) is 0 Å². The number of nitrogens with zero attached hydrogens (tertiary/aromatic N) is 2. The van der Waals surface area contributed by atoms with Crippen LogP contribution in [0.5, 0.6) is 0 Å². The van der Waals surface area contributed by atoms with Crippen LogP contribution in [0.15, 0.2) is 42.5 Å². The van der Waals surface area contributed by atoms with Crippen molar-refractivity contribution in [3.63, 3.8) is 0 Å². The maximum atomic E-state index is 13.5. The van der Waals surface area contributed by atoms with Gasteiger partial charge in [-0.3, -0.25) is 13.9 Å². The molecule has 0 aliphatic rings. The van der Waals surface area contributed by atoms with Crippen LogP contribution < -0.4 is 9.62 Å². The third-order valence-electron chi connectivity index (χ3n) is 5.23. The average Bonchev–Trinajstić information content (AvgIpc) is 2.70. The molecule has 7 nitrogen and oxygen atoms in total. The van der Waals surface area contributed by atoms with Gasteiger partial charge in [-0.15, -0.1) is 0 Å². The largest absolute Gasteiger partial charge is 0.352 e. The zero-order chi connectivity index (χ0) is 24.9. The first kappa shape index (κ1) is 26.3. The number of amides is 2. The first-order valence-corrected chi connectivity index (χ1v) is 12.5. The highest BCUT2D eigenvalue weighted by molar-refractivity contribution is 7.92. The first-order valence-electron chi connectivity index (χ1n) is 10.7. The lowest BCUT2D eigenvalue weighted by Gasteiger charge is -2.32. The summed E-state index contributed by atoms with van der Waals surface area (Å²) < 4.78 is 39.8. The highest BCUT2D eigenvalue weighted by atomic mass is 32.2. The Labute approximate surface area is 195 Å². The molecule has 0 spiro atoms. The number of carbonyl (C=O) groups excluding carboxylic acids is 2. The minimum Gasteiger partial charge on any atom is -0.352 e. The van der Waals surface area contributed by atoms with Crippen molar-refractivity contribution in [2.45, 2.75) is 53.2 Å². The summed E-state index contributed by atoms with van der Waals surface area (Å²) >= 11 is 0. The lowest BCUT2D eigenvalue weighted by Crippen LogP contribution is -2.52. The molecule has 2 aromatic rings. The SMILES string of the molecule is Cc1cccc(C)c1N(CC(=O)N(Cc1ccc(F)cc1)C(C)C(=O)NC(C)C)S(C)(=O)=O. The van der Waals surface area contributed by atoms with E-state index in [1.165, 1.54) is 29.2 Å². The molecule has 0 saturated heterocycles. The molecule has 33 heavy (non-hydrogen) atoms. The fourth-order valence-corrected chi connectivity index (χ4v) is 4.51. The summed E-state index contributed by atoms with van der Waals surface area (Å²) in [5.41, 5.74) is 2.48. The van der Waals surface area contributed by atoms with Gasteiger partial charge in [0.2, 0.25) is 21.8 Å². The molecule has 2 rings (SSSR count). The summed E-state index contributed by atoms with van der Waals surface area (Å²) in [6.07, 6.45) is 1.05. The zero-order valence-electron chi connectivity index (χ0n) is 19.9. The molecule has 180 valence electrons. The first-order chi connectivity index (χ1) is 15.3. The summed E-state index contributed by atoms with van der Waals surface area (Å²) in [4.78, 5) is 27.5. The second kappa shape index (κ2) is 10.8. The van der Waals surface area contributed by atoms with Crippen molar-refractivity contribution in [2.75, 3.05) is 17.1 Å². The standard InChI is InChI=1S/C24H32FN3O4S/c1-16(2)26-24(30)19(5)27(14-20-10-12-21(25)13-11-20)22(29)15-28(33(6,31)32)23-17(3)8-7-9-18(23)4/h7-13,16,19H,14-15H2,1-6H3,(H,26,30). The van der Waals surface area contributed by atoms with Crippen LogP contribution in [-0.2, 0) is 26.2 Å². The van der Waals surface area contributed by atoms with E-state index in [2.05, 4.69) is 5.32 Å². The predicted molar refractivity (Wildman–Crippen MR) is 128 cm³/mol. The minimum atomic E-state index is -3.80. The molecular weight excluding hydrogens is 445 g/mol. The molecule has 9 heteroatoms. The number of hydrogen-bond acceptors (Lipinski definition) is 4. The number of hydrogen-bond donors (Lipinski definition) is 1. The molecule has 2 aromatic carbocycles. The number of anilines is 1. The van der Waals surface area contributed by atoms with E-state index in [-0.39, 0.29) is 18.5 Å². The van der Waals surface area contributed by atoms with Crippen molar-refractivity contribution in [3.8, 4) is 0 Å². The molecule has 0 aromatic heterocycles. The topological polar surface area (TPSA) is 86.8 Å². The molecule has 1 N–H and O–H groups in total. The van der Waals surface area contributed by atoms with Gasteiger partial charge in [-0.2, -0.15) is 0 Å². The molecule has 0 fully saturated rings. The Morgan fingerprint density at radius 2 is 1.55 bits per heavy atom. The van der Waals surface area contributed by atoms with Crippen molar-refractivity contribution in [2.24, 2.45) is 0 Å². The molecule has 0 aliphatic carbocycles. The van der Waals surface area contributed by atoms with Gasteiger partial charge in [0.25, 0.3) is 0 Å². The minimum absolute atomic E-state index is 0.0240. The summed E-state index contributed by atoms with van der Waals surface area (Å²) in [5.74, 6) is -1.32. The molecule has 0 heterocycles. The number of rotatable bonds is 9. The predicted octanol–water partition coefficient (Wildman–Crippen LogP) is 3.15. The second-order valence-corrected chi connectivity index (χ2v) is 10.4. The Hall–Kier alpha value is -2.94. The van der Waals surface area contributed by atoms with Crippen molar-refractivity contribution < 1.29 is 22.4 Å². The molecule has 0 saturated carbocycles. The van der Waals surface area contributed by atoms with Gasteiger partial charge in [0, 0.05) is 12.6 Å². The van der Waals surface area contributed by atoms with Crippen molar-refractivity contribution in [3.05, 3.63) is 65.0 Å². The molecule has 0 bridgehead atoms. The van der Waals surface area contributed by atoms with Crippen LogP contribution in [0.2, 0.25) is 0 Å². The number of benzene rings is 2. The molecule has 1 unspecified atom stereocenters. The highest BCUT2D eigenvalue weighted by Crippen LogP contribution is 2.27. The van der Waals surface area contributed by atoms with E-state index in [9.17, 15) is 22.4 Å². The second-order valence-electron chi connectivity index (χ2n) is 8.50. The highest BCUT2D eigenvalue weighted by Gasteiger charge is 2.31.